The molecular weight excluding hydrogens is 741 g/mol. The van der Waals surface area contributed by atoms with Crippen molar-refractivity contribution in [2.75, 3.05) is 47.5 Å². The first-order valence-electron chi connectivity index (χ1n) is 22.8. The van der Waals surface area contributed by atoms with Crippen LogP contribution in [0.25, 0.3) is 0 Å². The Kier molecular flexibility index (Phi) is 32.7. The van der Waals surface area contributed by atoms with Gasteiger partial charge in [0.05, 0.1) is 40.0 Å². The van der Waals surface area contributed by atoms with E-state index in [1.165, 1.54) is 96.3 Å². The van der Waals surface area contributed by atoms with E-state index >= 15 is 0 Å². The summed E-state index contributed by atoms with van der Waals surface area (Å²) >= 11 is 0. The lowest BCUT2D eigenvalue weighted by Crippen LogP contribution is -2.37. The fourth-order valence-electron chi connectivity index (χ4n) is 6.39. The highest BCUT2D eigenvalue weighted by Crippen LogP contribution is 2.38. The Morgan fingerprint density at radius 1 is 0.649 bits per heavy atom. The Bertz CT molecular complexity index is 1140. The molecule has 0 aliphatic carbocycles. The molecule has 11 heteroatoms. The van der Waals surface area contributed by atoms with Crippen molar-refractivity contribution in [1.29, 1.82) is 0 Å². The summed E-state index contributed by atoms with van der Waals surface area (Å²) in [7, 11) is 1.13. The van der Waals surface area contributed by atoms with Gasteiger partial charge in [0.2, 0.25) is 0 Å². The van der Waals surface area contributed by atoms with Crippen molar-refractivity contribution in [3.63, 3.8) is 0 Å². The average Bonchev–Trinajstić information content (AvgIpc) is 3.91. The first kappa shape index (κ1) is 53.2. The molecule has 10 nitrogen and oxygen atoms in total. The molecule has 0 saturated carbocycles. The molecule has 1 saturated heterocycles. The highest BCUT2D eigenvalue weighted by molar-refractivity contribution is 7.45. The van der Waals surface area contributed by atoms with Crippen LogP contribution in [0.4, 0.5) is 0 Å². The molecule has 0 N–H and O–H groups in total. The minimum atomic E-state index is -4.64. The van der Waals surface area contributed by atoms with Gasteiger partial charge in [-0.1, -0.05) is 153 Å². The van der Waals surface area contributed by atoms with Crippen LogP contribution < -0.4 is 4.89 Å². The Balaban J connectivity index is 2.32. The van der Waals surface area contributed by atoms with Crippen molar-refractivity contribution in [3.8, 4) is 0 Å². The number of rotatable bonds is 40. The first-order chi connectivity index (χ1) is 27.5. The Hall–Kier alpha value is -1.81. The minimum absolute atomic E-state index is 0.0422. The van der Waals surface area contributed by atoms with Gasteiger partial charge >= 0.3 is 11.9 Å². The standard InChI is InChI=1S/C46H84NO9P/c1-6-8-10-12-14-16-18-20-21-22-24-26-28-30-32-36-46(49)55-42(41-54-57(50,51)53-39-38-47(3,4)5)40-52-45(48)37-33-35-44-43(56-44)34-31-29-27-25-23-19-17-15-13-11-9-7-2/h15,17,23,25,29,31,42-44H,6-14,16,18-22,24,26-28,30,32-41H2,1-5H3/b17-15-,25-23-,31-29-/t42-,43?,44?/m1/s1. The monoisotopic (exact) mass is 826 g/mol. The number of ether oxygens (including phenoxy) is 3. The van der Waals surface area contributed by atoms with E-state index in [9.17, 15) is 19.0 Å². The van der Waals surface area contributed by atoms with E-state index in [2.05, 4.69) is 50.3 Å². The van der Waals surface area contributed by atoms with Crippen molar-refractivity contribution < 1.29 is 46.8 Å². The van der Waals surface area contributed by atoms with Crippen LogP contribution >= 0.6 is 7.82 Å². The van der Waals surface area contributed by atoms with Crippen molar-refractivity contribution >= 4 is 19.8 Å². The maximum atomic E-state index is 12.7. The summed E-state index contributed by atoms with van der Waals surface area (Å²) in [6.07, 6.45) is 40.4. The van der Waals surface area contributed by atoms with Crippen LogP contribution in [-0.2, 0) is 37.4 Å². The molecular formula is C46H84NO9P. The second-order valence-electron chi connectivity index (χ2n) is 16.8. The Morgan fingerprint density at radius 3 is 1.77 bits per heavy atom. The number of nitrogens with zero attached hydrogens (tertiary/aromatic N) is 1. The van der Waals surface area contributed by atoms with Gasteiger partial charge < -0.3 is 32.6 Å². The summed E-state index contributed by atoms with van der Waals surface area (Å²) in [6, 6.07) is 0. The number of esters is 2. The second-order valence-corrected chi connectivity index (χ2v) is 18.2. The zero-order valence-electron chi connectivity index (χ0n) is 37.0. The van der Waals surface area contributed by atoms with E-state index in [0.717, 1.165) is 44.9 Å². The van der Waals surface area contributed by atoms with Crippen LogP contribution in [-0.4, -0.2) is 82.2 Å². The normalized spacial score (nSPS) is 17.4. The molecule has 0 aromatic carbocycles. The lowest BCUT2D eigenvalue weighted by atomic mass is 10.0. The molecule has 0 bridgehead atoms. The fourth-order valence-corrected chi connectivity index (χ4v) is 7.12. The molecule has 0 aromatic heterocycles. The third kappa shape index (κ3) is 35.8. The van der Waals surface area contributed by atoms with Crippen molar-refractivity contribution in [3.05, 3.63) is 36.5 Å². The van der Waals surface area contributed by atoms with Gasteiger partial charge in [-0.15, -0.1) is 0 Å². The number of epoxide rings is 1. The first-order valence-corrected chi connectivity index (χ1v) is 24.3. The van der Waals surface area contributed by atoms with Gasteiger partial charge in [-0.2, -0.15) is 0 Å². The molecule has 0 spiro atoms. The predicted molar refractivity (Wildman–Crippen MR) is 231 cm³/mol. The molecule has 57 heavy (non-hydrogen) atoms. The Morgan fingerprint density at radius 2 is 1.18 bits per heavy atom. The van der Waals surface area contributed by atoms with Crippen LogP contribution in [0, 0.1) is 0 Å². The third-order valence-electron chi connectivity index (χ3n) is 10.1. The van der Waals surface area contributed by atoms with Crippen molar-refractivity contribution in [2.45, 2.75) is 199 Å². The minimum Gasteiger partial charge on any atom is -0.756 e. The summed E-state index contributed by atoms with van der Waals surface area (Å²) in [5.74, 6) is -0.906. The SMILES string of the molecule is CCCCC/C=C\C/C=C\C/C=C\CC1OC1CCCC(=O)OC[C@H](COP(=O)([O-])OCC[N+](C)(C)C)OC(=O)CCCCCCCCCCCCCCCCC. The molecule has 0 aromatic rings. The smallest absolute Gasteiger partial charge is 0.306 e. The predicted octanol–water partition coefficient (Wildman–Crippen LogP) is 11.3. The molecule has 1 heterocycles. The molecule has 1 fully saturated rings. The number of hydrogen-bond acceptors (Lipinski definition) is 9. The highest BCUT2D eigenvalue weighted by atomic mass is 31.2. The second kappa shape index (κ2) is 35.0. The van der Waals surface area contributed by atoms with Gasteiger partial charge in [-0.05, 0) is 51.4 Å². The maximum Gasteiger partial charge on any atom is 0.306 e. The molecule has 1 rings (SSSR count). The van der Waals surface area contributed by atoms with E-state index < -0.39 is 32.5 Å². The van der Waals surface area contributed by atoms with E-state index in [4.69, 9.17) is 23.3 Å². The largest absolute Gasteiger partial charge is 0.756 e. The van der Waals surface area contributed by atoms with Gasteiger partial charge in [-0.25, -0.2) is 0 Å². The molecule has 0 amide bonds. The molecule has 1 aliphatic heterocycles. The van der Waals surface area contributed by atoms with Crippen LogP contribution in [0.5, 0.6) is 0 Å². The van der Waals surface area contributed by atoms with Crippen LogP contribution in [0.2, 0.25) is 0 Å². The van der Waals surface area contributed by atoms with Crippen LogP contribution in [0.15, 0.2) is 36.5 Å². The zero-order chi connectivity index (χ0) is 41.9. The molecule has 1 aliphatic rings. The van der Waals surface area contributed by atoms with Gasteiger partial charge in [0.25, 0.3) is 7.82 Å². The number of phosphoric acid groups is 1. The number of phosphoric ester groups is 1. The van der Waals surface area contributed by atoms with Gasteiger partial charge in [-0.3, -0.25) is 14.2 Å². The van der Waals surface area contributed by atoms with E-state index in [1.54, 1.807) is 0 Å². The summed E-state index contributed by atoms with van der Waals surface area (Å²) in [6.45, 7) is 4.12. The number of quaternary nitrogens is 1. The maximum absolute atomic E-state index is 12.7. The number of carbonyl (C=O) groups excluding carboxylic acids is 2. The fraction of sp³-hybridized carbons (Fsp3) is 0.826. The van der Waals surface area contributed by atoms with E-state index in [1.807, 2.05) is 21.1 Å². The topological polar surface area (TPSA) is 124 Å². The van der Waals surface area contributed by atoms with Crippen LogP contribution in [0.3, 0.4) is 0 Å². The summed E-state index contributed by atoms with van der Waals surface area (Å²) in [5, 5.41) is 0. The van der Waals surface area contributed by atoms with Gasteiger partial charge in [0, 0.05) is 12.8 Å². The number of carbonyl (C=O) groups is 2. The number of allylic oxidation sites excluding steroid dienone is 5. The quantitative estimate of drug-likeness (QED) is 0.0148. The number of likely N-dealkylation sites (N-methyl/N-ethyl adjacent to an activating group) is 1. The van der Waals surface area contributed by atoms with E-state index in [-0.39, 0.29) is 38.3 Å². The molecule has 332 valence electrons. The molecule has 0 radical (unpaired) electrons. The zero-order valence-corrected chi connectivity index (χ0v) is 37.9. The average molecular weight is 826 g/mol. The van der Waals surface area contributed by atoms with Crippen molar-refractivity contribution in [1.82, 2.24) is 0 Å². The number of unbranched alkanes of at least 4 members (excludes halogenated alkanes) is 17. The Labute approximate surface area is 348 Å². The van der Waals surface area contributed by atoms with E-state index in [0.29, 0.717) is 23.9 Å². The summed E-state index contributed by atoms with van der Waals surface area (Å²) < 4.78 is 39.7. The lowest BCUT2D eigenvalue weighted by Gasteiger charge is -2.28. The van der Waals surface area contributed by atoms with Gasteiger partial charge in [0.15, 0.2) is 6.10 Å². The van der Waals surface area contributed by atoms with Crippen LogP contribution in [0.1, 0.15) is 181 Å². The van der Waals surface area contributed by atoms with Crippen molar-refractivity contribution in [2.24, 2.45) is 0 Å². The summed E-state index contributed by atoms with van der Waals surface area (Å²) in [5.41, 5.74) is 0. The number of hydrogen-bond donors (Lipinski definition) is 0. The molecule has 4 atom stereocenters. The highest BCUT2D eigenvalue weighted by Gasteiger charge is 2.36. The lowest BCUT2D eigenvalue weighted by molar-refractivity contribution is -0.870. The van der Waals surface area contributed by atoms with Gasteiger partial charge in [0.1, 0.15) is 19.8 Å². The third-order valence-corrected chi connectivity index (χ3v) is 11.1. The molecule has 3 unspecified atom stereocenters. The summed E-state index contributed by atoms with van der Waals surface area (Å²) in [4.78, 5) is 37.7.